The monoisotopic (exact) mass is 331 g/mol. The number of aryl methyl sites for hydroxylation is 2. The van der Waals surface area contributed by atoms with Gasteiger partial charge in [0.1, 0.15) is 0 Å². The van der Waals surface area contributed by atoms with E-state index in [1.54, 1.807) is 12.4 Å². The van der Waals surface area contributed by atoms with Gasteiger partial charge >= 0.3 is 0 Å². The molecule has 0 atom stereocenters. The lowest BCUT2D eigenvalue weighted by Gasteiger charge is -2.12. The molecule has 0 spiro atoms. The first-order valence-corrected chi connectivity index (χ1v) is 8.20. The van der Waals surface area contributed by atoms with Crippen molar-refractivity contribution in [2.45, 2.75) is 20.4 Å². The van der Waals surface area contributed by atoms with Gasteiger partial charge in [-0.3, -0.25) is 9.78 Å². The van der Waals surface area contributed by atoms with Crippen LogP contribution in [0.1, 0.15) is 27.0 Å². The first kappa shape index (κ1) is 16.9. The lowest BCUT2D eigenvalue weighted by Crippen LogP contribution is -2.14. The van der Waals surface area contributed by atoms with E-state index in [1.807, 2.05) is 62.4 Å². The van der Waals surface area contributed by atoms with Gasteiger partial charge < -0.3 is 11.1 Å². The number of carbonyl (C=O) groups is 1. The number of para-hydroxylation sites is 1. The van der Waals surface area contributed by atoms with E-state index in [2.05, 4.69) is 10.3 Å². The largest absolute Gasteiger partial charge is 0.326 e. The Morgan fingerprint density at radius 1 is 1.00 bits per heavy atom. The molecular formula is C21H21N3O. The molecule has 0 aliphatic rings. The number of aromatic nitrogens is 1. The predicted octanol–water partition coefficient (Wildman–Crippen LogP) is 4.08. The minimum absolute atomic E-state index is 0.165. The highest BCUT2D eigenvalue weighted by atomic mass is 16.1. The third-order valence-corrected chi connectivity index (χ3v) is 4.22. The second-order valence-corrected chi connectivity index (χ2v) is 6.09. The van der Waals surface area contributed by atoms with Crippen LogP contribution in [0.2, 0.25) is 0 Å². The average Bonchev–Trinajstić information content (AvgIpc) is 2.65. The fourth-order valence-electron chi connectivity index (χ4n) is 2.80. The topological polar surface area (TPSA) is 68.0 Å². The number of hydrogen-bond acceptors (Lipinski definition) is 3. The highest BCUT2D eigenvalue weighted by molar-refractivity contribution is 6.05. The highest BCUT2D eigenvalue weighted by Gasteiger charge is 2.11. The van der Waals surface area contributed by atoms with Crippen LogP contribution in [-0.2, 0) is 6.54 Å². The van der Waals surface area contributed by atoms with Crippen LogP contribution in [0.15, 0.2) is 60.9 Å². The number of amides is 1. The van der Waals surface area contributed by atoms with Crippen LogP contribution in [-0.4, -0.2) is 10.9 Å². The molecule has 0 saturated heterocycles. The molecule has 4 heteroatoms. The second kappa shape index (κ2) is 7.28. The van der Waals surface area contributed by atoms with Gasteiger partial charge in [0.2, 0.25) is 0 Å². The molecule has 0 saturated carbocycles. The van der Waals surface area contributed by atoms with E-state index in [1.165, 1.54) is 0 Å². The molecule has 0 fully saturated rings. The Bertz CT molecular complexity index is 898. The van der Waals surface area contributed by atoms with Gasteiger partial charge in [0.15, 0.2) is 0 Å². The van der Waals surface area contributed by atoms with Crippen LogP contribution < -0.4 is 11.1 Å². The third-order valence-electron chi connectivity index (χ3n) is 4.22. The van der Waals surface area contributed by atoms with Crippen molar-refractivity contribution in [2.75, 3.05) is 5.32 Å². The first-order chi connectivity index (χ1) is 12.1. The SMILES string of the molecule is Cc1cccc(C)c1NC(=O)c1cncc(-c2cccc(CN)c2)c1. The molecule has 0 radical (unpaired) electrons. The summed E-state index contributed by atoms with van der Waals surface area (Å²) in [5.74, 6) is -0.165. The van der Waals surface area contributed by atoms with Crippen LogP contribution >= 0.6 is 0 Å². The van der Waals surface area contributed by atoms with Gasteiger partial charge in [-0.1, -0.05) is 36.4 Å². The van der Waals surface area contributed by atoms with Crippen molar-refractivity contribution in [1.82, 2.24) is 4.98 Å². The Balaban J connectivity index is 1.89. The molecular weight excluding hydrogens is 310 g/mol. The molecule has 1 aromatic heterocycles. The van der Waals surface area contributed by atoms with E-state index < -0.39 is 0 Å². The molecule has 3 aromatic rings. The lowest BCUT2D eigenvalue weighted by molar-refractivity contribution is 0.102. The molecule has 0 bridgehead atoms. The fourth-order valence-corrected chi connectivity index (χ4v) is 2.80. The van der Waals surface area contributed by atoms with Crippen molar-refractivity contribution in [1.29, 1.82) is 0 Å². The Kier molecular flexibility index (Phi) is 4.91. The summed E-state index contributed by atoms with van der Waals surface area (Å²) in [5, 5.41) is 3.00. The zero-order valence-electron chi connectivity index (χ0n) is 14.4. The number of anilines is 1. The van der Waals surface area contributed by atoms with Crippen molar-refractivity contribution in [3.8, 4) is 11.1 Å². The zero-order chi connectivity index (χ0) is 17.8. The van der Waals surface area contributed by atoms with Gasteiger partial charge in [-0.05, 0) is 48.2 Å². The summed E-state index contributed by atoms with van der Waals surface area (Å²) in [6, 6.07) is 15.7. The molecule has 4 nitrogen and oxygen atoms in total. The number of hydrogen-bond donors (Lipinski definition) is 2. The Labute approximate surface area is 147 Å². The van der Waals surface area contributed by atoms with Crippen LogP contribution in [0.4, 0.5) is 5.69 Å². The summed E-state index contributed by atoms with van der Waals surface area (Å²) in [6.45, 7) is 4.44. The van der Waals surface area contributed by atoms with E-state index in [4.69, 9.17) is 5.73 Å². The maximum Gasteiger partial charge on any atom is 0.257 e. The normalized spacial score (nSPS) is 10.5. The van der Waals surface area contributed by atoms with Gasteiger partial charge in [-0.15, -0.1) is 0 Å². The number of carbonyl (C=O) groups excluding carboxylic acids is 1. The molecule has 0 aliphatic heterocycles. The van der Waals surface area contributed by atoms with Crippen LogP contribution in [0.25, 0.3) is 11.1 Å². The third kappa shape index (κ3) is 3.75. The van der Waals surface area contributed by atoms with E-state index in [0.717, 1.165) is 33.5 Å². The summed E-state index contributed by atoms with van der Waals surface area (Å²) < 4.78 is 0. The Hall–Kier alpha value is -2.98. The van der Waals surface area contributed by atoms with Crippen molar-refractivity contribution in [3.05, 3.63) is 83.2 Å². The van der Waals surface area contributed by atoms with Gasteiger partial charge in [-0.2, -0.15) is 0 Å². The molecule has 0 unspecified atom stereocenters. The summed E-state index contributed by atoms with van der Waals surface area (Å²) in [4.78, 5) is 16.9. The number of rotatable bonds is 4. The molecule has 1 amide bonds. The predicted molar refractivity (Wildman–Crippen MR) is 101 cm³/mol. The zero-order valence-corrected chi connectivity index (χ0v) is 14.4. The number of benzene rings is 2. The smallest absolute Gasteiger partial charge is 0.257 e. The Morgan fingerprint density at radius 3 is 2.44 bits per heavy atom. The number of pyridine rings is 1. The molecule has 25 heavy (non-hydrogen) atoms. The van der Waals surface area contributed by atoms with Crippen molar-refractivity contribution < 1.29 is 4.79 Å². The maximum atomic E-state index is 12.7. The standard InChI is InChI=1S/C21H21N3O/c1-14-5-3-6-15(2)20(14)24-21(25)19-10-18(12-23-13-19)17-8-4-7-16(9-17)11-22/h3-10,12-13H,11,22H2,1-2H3,(H,24,25). The van der Waals surface area contributed by atoms with E-state index in [9.17, 15) is 4.79 Å². The molecule has 2 aromatic carbocycles. The van der Waals surface area contributed by atoms with E-state index in [-0.39, 0.29) is 5.91 Å². The summed E-state index contributed by atoms with van der Waals surface area (Å²) >= 11 is 0. The van der Waals surface area contributed by atoms with Gasteiger partial charge in [-0.25, -0.2) is 0 Å². The van der Waals surface area contributed by atoms with Gasteiger partial charge in [0.25, 0.3) is 5.91 Å². The minimum atomic E-state index is -0.165. The quantitative estimate of drug-likeness (QED) is 0.757. The second-order valence-electron chi connectivity index (χ2n) is 6.09. The first-order valence-electron chi connectivity index (χ1n) is 8.20. The number of nitrogens with two attached hydrogens (primary N) is 1. The van der Waals surface area contributed by atoms with E-state index >= 15 is 0 Å². The van der Waals surface area contributed by atoms with Crippen molar-refractivity contribution >= 4 is 11.6 Å². The molecule has 0 aliphatic carbocycles. The van der Waals surface area contributed by atoms with E-state index in [0.29, 0.717) is 12.1 Å². The molecule has 126 valence electrons. The Morgan fingerprint density at radius 2 is 1.72 bits per heavy atom. The average molecular weight is 331 g/mol. The van der Waals surface area contributed by atoms with Gasteiger partial charge in [0.05, 0.1) is 5.56 Å². The molecule has 3 rings (SSSR count). The fraction of sp³-hybridized carbons (Fsp3) is 0.143. The molecule has 1 heterocycles. The van der Waals surface area contributed by atoms with Crippen LogP contribution in [0.5, 0.6) is 0 Å². The van der Waals surface area contributed by atoms with Crippen LogP contribution in [0, 0.1) is 13.8 Å². The summed E-state index contributed by atoms with van der Waals surface area (Å²) in [6.07, 6.45) is 3.34. The highest BCUT2D eigenvalue weighted by Crippen LogP contribution is 2.23. The maximum absolute atomic E-state index is 12.7. The summed E-state index contributed by atoms with van der Waals surface area (Å²) in [5.41, 5.74) is 12.1. The van der Waals surface area contributed by atoms with Crippen molar-refractivity contribution in [3.63, 3.8) is 0 Å². The lowest BCUT2D eigenvalue weighted by atomic mass is 10.0. The number of nitrogens with one attached hydrogen (secondary N) is 1. The molecule has 3 N–H and O–H groups in total. The van der Waals surface area contributed by atoms with Crippen LogP contribution in [0.3, 0.4) is 0 Å². The summed E-state index contributed by atoms with van der Waals surface area (Å²) in [7, 11) is 0. The number of nitrogens with zero attached hydrogens (tertiary/aromatic N) is 1. The van der Waals surface area contributed by atoms with Crippen molar-refractivity contribution in [2.24, 2.45) is 5.73 Å². The minimum Gasteiger partial charge on any atom is -0.326 e. The van der Waals surface area contributed by atoms with Gasteiger partial charge in [0, 0.05) is 30.2 Å².